The largest absolute Gasteiger partial charge is 0.256 e. The Hall–Kier alpha value is -1.63. The lowest BCUT2D eigenvalue weighted by molar-refractivity contribution is 0.646. The highest BCUT2D eigenvalue weighted by molar-refractivity contribution is 5.63. The molecule has 1 nitrogen and oxygen atoms in total. The Morgan fingerprint density at radius 2 is 1.83 bits per heavy atom. The molecule has 0 saturated carbocycles. The lowest BCUT2D eigenvalue weighted by atomic mass is 10.0. The van der Waals surface area contributed by atoms with Crippen LogP contribution in [-0.2, 0) is 6.42 Å². The van der Waals surface area contributed by atoms with Gasteiger partial charge in [-0.1, -0.05) is 43.7 Å². The minimum absolute atomic E-state index is 0.679. The molecule has 0 radical (unpaired) electrons. The first-order valence-corrected chi connectivity index (χ1v) is 6.59. The first kappa shape index (κ1) is 12.8. The minimum Gasteiger partial charge on any atom is -0.256 e. The van der Waals surface area contributed by atoms with E-state index in [1.165, 1.54) is 22.3 Å². The van der Waals surface area contributed by atoms with E-state index in [0.29, 0.717) is 5.92 Å². The van der Waals surface area contributed by atoms with Crippen molar-refractivity contribution in [1.82, 2.24) is 4.98 Å². The summed E-state index contributed by atoms with van der Waals surface area (Å²) in [5, 5.41) is 0. The highest BCUT2D eigenvalue weighted by atomic mass is 14.7. The van der Waals surface area contributed by atoms with Crippen molar-refractivity contribution in [2.75, 3.05) is 0 Å². The fourth-order valence-electron chi connectivity index (χ4n) is 2.28. The number of benzene rings is 1. The molecule has 0 unspecified atom stereocenters. The Kier molecular flexibility index (Phi) is 3.81. The molecule has 18 heavy (non-hydrogen) atoms. The van der Waals surface area contributed by atoms with Gasteiger partial charge in [0, 0.05) is 11.8 Å². The number of hydrogen-bond donors (Lipinski definition) is 0. The van der Waals surface area contributed by atoms with Crippen LogP contribution in [0.4, 0.5) is 0 Å². The molecule has 0 amide bonds. The molecule has 0 bridgehead atoms. The van der Waals surface area contributed by atoms with E-state index in [2.05, 4.69) is 63.0 Å². The van der Waals surface area contributed by atoms with E-state index in [1.807, 2.05) is 6.20 Å². The normalized spacial score (nSPS) is 10.9. The summed E-state index contributed by atoms with van der Waals surface area (Å²) in [5.41, 5.74) is 6.21. The summed E-state index contributed by atoms with van der Waals surface area (Å²) in [4.78, 5) is 4.59. The van der Waals surface area contributed by atoms with E-state index in [1.54, 1.807) is 0 Å². The molecule has 1 aromatic carbocycles. The molecule has 2 rings (SSSR count). The van der Waals surface area contributed by atoms with Crippen molar-refractivity contribution < 1.29 is 0 Å². The van der Waals surface area contributed by atoms with Gasteiger partial charge >= 0.3 is 0 Å². The van der Waals surface area contributed by atoms with Crippen molar-refractivity contribution in [1.29, 1.82) is 0 Å². The molecular formula is C17H21N. The second-order valence-electron chi connectivity index (χ2n) is 5.47. The maximum atomic E-state index is 4.59. The first-order chi connectivity index (χ1) is 8.56. The highest BCUT2D eigenvalue weighted by Gasteiger charge is 2.04. The Bertz CT molecular complexity index is 524. The zero-order chi connectivity index (χ0) is 13.1. The van der Waals surface area contributed by atoms with Crippen molar-refractivity contribution in [3.8, 4) is 11.3 Å². The number of nitrogens with zero attached hydrogens (tertiary/aromatic N) is 1. The quantitative estimate of drug-likeness (QED) is 0.765. The van der Waals surface area contributed by atoms with Gasteiger partial charge in [0.15, 0.2) is 0 Å². The SMILES string of the molecule is Cc1ccc(-c2ccc(CC(C)C)cn2)c(C)c1. The number of pyridine rings is 1. The second kappa shape index (κ2) is 5.34. The van der Waals surface area contributed by atoms with E-state index in [9.17, 15) is 0 Å². The average molecular weight is 239 g/mol. The molecule has 0 spiro atoms. The zero-order valence-corrected chi connectivity index (χ0v) is 11.7. The molecular weight excluding hydrogens is 218 g/mol. The first-order valence-electron chi connectivity index (χ1n) is 6.59. The van der Waals surface area contributed by atoms with Crippen molar-refractivity contribution in [3.05, 3.63) is 53.2 Å². The van der Waals surface area contributed by atoms with Gasteiger partial charge in [0.05, 0.1) is 5.69 Å². The smallest absolute Gasteiger partial charge is 0.0704 e. The van der Waals surface area contributed by atoms with Crippen LogP contribution in [0.15, 0.2) is 36.5 Å². The summed E-state index contributed by atoms with van der Waals surface area (Å²) in [6.07, 6.45) is 3.11. The van der Waals surface area contributed by atoms with Crippen molar-refractivity contribution >= 4 is 0 Å². The molecule has 1 heteroatoms. The lowest BCUT2D eigenvalue weighted by Gasteiger charge is -2.08. The third-order valence-corrected chi connectivity index (χ3v) is 3.13. The van der Waals surface area contributed by atoms with Crippen LogP contribution in [0, 0.1) is 19.8 Å². The van der Waals surface area contributed by atoms with Gasteiger partial charge in [0.25, 0.3) is 0 Å². The third-order valence-electron chi connectivity index (χ3n) is 3.13. The van der Waals surface area contributed by atoms with Gasteiger partial charge in [0.2, 0.25) is 0 Å². The van der Waals surface area contributed by atoms with Gasteiger partial charge in [-0.25, -0.2) is 0 Å². The zero-order valence-electron chi connectivity index (χ0n) is 11.7. The summed E-state index contributed by atoms with van der Waals surface area (Å²) < 4.78 is 0. The molecule has 0 aliphatic carbocycles. The number of aryl methyl sites for hydroxylation is 2. The molecule has 0 aliphatic heterocycles. The second-order valence-corrected chi connectivity index (χ2v) is 5.47. The fraction of sp³-hybridized carbons (Fsp3) is 0.353. The van der Waals surface area contributed by atoms with Crippen LogP contribution < -0.4 is 0 Å². The van der Waals surface area contributed by atoms with Gasteiger partial charge in [-0.15, -0.1) is 0 Å². The maximum Gasteiger partial charge on any atom is 0.0704 e. The van der Waals surface area contributed by atoms with Gasteiger partial charge in [-0.3, -0.25) is 4.98 Å². The standard InChI is InChI=1S/C17H21N/c1-12(2)9-15-6-8-17(18-11-15)16-7-5-13(3)10-14(16)4/h5-8,10-12H,9H2,1-4H3. The fourth-order valence-corrected chi connectivity index (χ4v) is 2.28. The van der Waals surface area contributed by atoms with Crippen molar-refractivity contribution in [2.45, 2.75) is 34.1 Å². The number of rotatable bonds is 3. The van der Waals surface area contributed by atoms with Crippen LogP contribution in [0.1, 0.15) is 30.5 Å². The van der Waals surface area contributed by atoms with E-state index in [-0.39, 0.29) is 0 Å². The predicted molar refractivity (Wildman–Crippen MR) is 77.7 cm³/mol. The van der Waals surface area contributed by atoms with E-state index in [0.717, 1.165) is 12.1 Å². The van der Waals surface area contributed by atoms with E-state index < -0.39 is 0 Å². The van der Waals surface area contributed by atoms with Crippen LogP contribution in [0.25, 0.3) is 11.3 Å². The molecule has 0 saturated heterocycles. The summed E-state index contributed by atoms with van der Waals surface area (Å²) in [5.74, 6) is 0.679. The predicted octanol–water partition coefficient (Wildman–Crippen LogP) is 4.56. The molecule has 0 fully saturated rings. The van der Waals surface area contributed by atoms with Crippen molar-refractivity contribution in [3.63, 3.8) is 0 Å². The molecule has 0 aliphatic rings. The van der Waals surface area contributed by atoms with Gasteiger partial charge in [-0.2, -0.15) is 0 Å². The molecule has 0 N–H and O–H groups in total. The van der Waals surface area contributed by atoms with Crippen LogP contribution in [0.3, 0.4) is 0 Å². The summed E-state index contributed by atoms with van der Waals surface area (Å²) >= 11 is 0. The van der Waals surface area contributed by atoms with Crippen LogP contribution in [0.5, 0.6) is 0 Å². The van der Waals surface area contributed by atoms with Crippen LogP contribution in [0.2, 0.25) is 0 Å². The number of aromatic nitrogens is 1. The van der Waals surface area contributed by atoms with Crippen LogP contribution in [-0.4, -0.2) is 4.98 Å². The van der Waals surface area contributed by atoms with Gasteiger partial charge < -0.3 is 0 Å². The molecule has 1 aromatic heterocycles. The minimum atomic E-state index is 0.679. The Balaban J connectivity index is 2.28. The van der Waals surface area contributed by atoms with Gasteiger partial charge in [-0.05, 0) is 43.4 Å². The molecule has 0 atom stereocenters. The van der Waals surface area contributed by atoms with Crippen molar-refractivity contribution in [2.24, 2.45) is 5.92 Å². The molecule has 2 aromatic rings. The number of hydrogen-bond acceptors (Lipinski definition) is 1. The lowest BCUT2D eigenvalue weighted by Crippen LogP contribution is -1.95. The summed E-state index contributed by atoms with van der Waals surface area (Å²) in [6.45, 7) is 8.73. The molecule has 94 valence electrons. The average Bonchev–Trinajstić information content (AvgIpc) is 2.30. The topological polar surface area (TPSA) is 12.9 Å². The molecule has 1 heterocycles. The summed E-state index contributed by atoms with van der Waals surface area (Å²) in [7, 11) is 0. The Labute approximate surface area is 110 Å². The van der Waals surface area contributed by atoms with E-state index in [4.69, 9.17) is 0 Å². The maximum absolute atomic E-state index is 4.59. The Morgan fingerprint density at radius 3 is 2.39 bits per heavy atom. The summed E-state index contributed by atoms with van der Waals surface area (Å²) in [6, 6.07) is 10.8. The Morgan fingerprint density at radius 1 is 1.06 bits per heavy atom. The van der Waals surface area contributed by atoms with E-state index >= 15 is 0 Å². The van der Waals surface area contributed by atoms with Crippen LogP contribution >= 0.6 is 0 Å². The third kappa shape index (κ3) is 2.98. The highest BCUT2D eigenvalue weighted by Crippen LogP contribution is 2.22. The van der Waals surface area contributed by atoms with Gasteiger partial charge in [0.1, 0.15) is 0 Å². The monoisotopic (exact) mass is 239 g/mol.